The van der Waals surface area contributed by atoms with Crippen molar-refractivity contribution in [1.82, 2.24) is 0 Å². The molecular formula is C9H6FNO. The number of carbonyl (C=O) groups excluding carboxylic acids is 1. The number of hydrogen-bond acceptors (Lipinski definition) is 1. The van der Waals surface area contributed by atoms with E-state index in [1.807, 2.05) is 0 Å². The van der Waals surface area contributed by atoms with E-state index in [2.05, 4.69) is 4.85 Å². The first kappa shape index (κ1) is 8.41. The van der Waals surface area contributed by atoms with Gasteiger partial charge in [0.25, 0.3) is 6.54 Å². The van der Waals surface area contributed by atoms with E-state index in [0.29, 0.717) is 5.56 Å². The van der Waals surface area contributed by atoms with Crippen molar-refractivity contribution >= 4 is 5.78 Å². The van der Waals surface area contributed by atoms with Crippen LogP contribution in [0.4, 0.5) is 4.39 Å². The Hall–Kier alpha value is -1.69. The summed E-state index contributed by atoms with van der Waals surface area (Å²) in [6.07, 6.45) is 0. The first-order valence-corrected chi connectivity index (χ1v) is 3.36. The molecule has 3 heteroatoms. The number of benzene rings is 1. The lowest BCUT2D eigenvalue weighted by Gasteiger charge is -1.92. The van der Waals surface area contributed by atoms with Crippen LogP contribution < -0.4 is 0 Å². The molecule has 12 heavy (non-hydrogen) atoms. The monoisotopic (exact) mass is 163 g/mol. The second-order valence-corrected chi connectivity index (χ2v) is 2.25. The molecule has 1 aromatic rings. The number of carbonyl (C=O) groups is 1. The standard InChI is InChI=1S/C9H6FNO/c1-11-6-9(12)7-2-4-8(10)5-3-7/h2-5H,6H2. The van der Waals surface area contributed by atoms with E-state index in [-0.39, 0.29) is 18.1 Å². The lowest BCUT2D eigenvalue weighted by Crippen LogP contribution is -2.01. The zero-order valence-corrected chi connectivity index (χ0v) is 6.25. The van der Waals surface area contributed by atoms with Crippen LogP contribution in [0.15, 0.2) is 24.3 Å². The molecule has 1 rings (SSSR count). The molecule has 0 heterocycles. The highest BCUT2D eigenvalue weighted by Gasteiger charge is 2.06. The average Bonchev–Trinajstić information content (AvgIpc) is 2.06. The average molecular weight is 163 g/mol. The third-order valence-electron chi connectivity index (χ3n) is 1.39. The number of Topliss-reactive ketones (excluding diaryl/α,β-unsaturated/α-hetero) is 1. The highest BCUT2D eigenvalue weighted by Crippen LogP contribution is 2.03. The highest BCUT2D eigenvalue weighted by molar-refractivity contribution is 5.98. The minimum atomic E-state index is -0.380. The fourth-order valence-electron chi connectivity index (χ4n) is 0.799. The van der Waals surface area contributed by atoms with Crippen LogP contribution >= 0.6 is 0 Å². The third-order valence-corrected chi connectivity index (χ3v) is 1.39. The van der Waals surface area contributed by atoms with E-state index >= 15 is 0 Å². The Bertz CT molecular complexity index is 323. The predicted molar refractivity (Wildman–Crippen MR) is 42.2 cm³/mol. The van der Waals surface area contributed by atoms with Crippen molar-refractivity contribution in [2.24, 2.45) is 0 Å². The summed E-state index contributed by atoms with van der Waals surface area (Å²) in [6, 6.07) is 5.17. The van der Waals surface area contributed by atoms with Gasteiger partial charge in [-0.3, -0.25) is 4.79 Å². The summed E-state index contributed by atoms with van der Waals surface area (Å²) in [7, 11) is 0. The quantitative estimate of drug-likeness (QED) is 0.482. The Morgan fingerprint density at radius 1 is 1.42 bits per heavy atom. The van der Waals surface area contributed by atoms with E-state index in [1.54, 1.807) is 0 Å². The minimum Gasteiger partial charge on any atom is -0.308 e. The Morgan fingerprint density at radius 3 is 2.50 bits per heavy atom. The first-order chi connectivity index (χ1) is 5.74. The molecule has 0 unspecified atom stereocenters. The van der Waals surface area contributed by atoms with Crippen molar-refractivity contribution in [3.63, 3.8) is 0 Å². The highest BCUT2D eigenvalue weighted by atomic mass is 19.1. The fraction of sp³-hybridized carbons (Fsp3) is 0.111. The number of ketones is 1. The lowest BCUT2D eigenvalue weighted by atomic mass is 10.1. The topological polar surface area (TPSA) is 21.4 Å². The molecule has 0 fully saturated rings. The molecule has 0 amide bonds. The molecule has 0 bridgehead atoms. The van der Waals surface area contributed by atoms with Crippen LogP contribution in [-0.4, -0.2) is 12.3 Å². The van der Waals surface area contributed by atoms with E-state index in [4.69, 9.17) is 6.57 Å². The van der Waals surface area contributed by atoms with Crippen molar-refractivity contribution in [2.45, 2.75) is 0 Å². The third kappa shape index (κ3) is 1.89. The molecule has 1 aromatic carbocycles. The van der Waals surface area contributed by atoms with Crippen molar-refractivity contribution in [3.05, 3.63) is 47.1 Å². The second-order valence-electron chi connectivity index (χ2n) is 2.25. The Balaban J connectivity index is 2.84. The molecule has 0 aliphatic heterocycles. The number of hydrogen-bond donors (Lipinski definition) is 0. The normalized spacial score (nSPS) is 9.00. The van der Waals surface area contributed by atoms with Gasteiger partial charge in [0.15, 0.2) is 0 Å². The Kier molecular flexibility index (Phi) is 2.54. The lowest BCUT2D eigenvalue weighted by molar-refractivity contribution is 0.101. The minimum absolute atomic E-state index is 0.175. The van der Waals surface area contributed by atoms with Gasteiger partial charge >= 0.3 is 0 Å². The van der Waals surface area contributed by atoms with Gasteiger partial charge in [-0.2, -0.15) is 0 Å². The molecule has 60 valence electrons. The van der Waals surface area contributed by atoms with Gasteiger partial charge in [0.2, 0.25) is 5.78 Å². The van der Waals surface area contributed by atoms with Gasteiger partial charge < -0.3 is 4.85 Å². The van der Waals surface area contributed by atoms with Gasteiger partial charge in [0.05, 0.1) is 0 Å². The summed E-state index contributed by atoms with van der Waals surface area (Å²) in [5.74, 6) is -0.653. The van der Waals surface area contributed by atoms with Crippen LogP contribution in [0.3, 0.4) is 0 Å². The molecule has 0 radical (unpaired) electrons. The van der Waals surface area contributed by atoms with Crippen LogP contribution in [0.25, 0.3) is 4.85 Å². The summed E-state index contributed by atoms with van der Waals surface area (Å²) in [5, 5.41) is 0. The van der Waals surface area contributed by atoms with Gasteiger partial charge in [-0.1, -0.05) is 0 Å². The van der Waals surface area contributed by atoms with Gasteiger partial charge in [-0.25, -0.2) is 11.0 Å². The van der Waals surface area contributed by atoms with Crippen molar-refractivity contribution in [3.8, 4) is 0 Å². The Morgan fingerprint density at radius 2 is 2.00 bits per heavy atom. The molecule has 0 N–H and O–H groups in total. The molecule has 0 aliphatic carbocycles. The summed E-state index contributed by atoms with van der Waals surface area (Å²) in [4.78, 5) is 14.0. The summed E-state index contributed by atoms with van der Waals surface area (Å²) < 4.78 is 12.4. The predicted octanol–water partition coefficient (Wildman–Crippen LogP) is 1.93. The number of nitrogens with zero attached hydrogens (tertiary/aromatic N) is 1. The molecule has 0 atom stereocenters. The molecular weight excluding hydrogens is 157 g/mol. The van der Waals surface area contributed by atoms with Gasteiger partial charge in [-0.15, -0.1) is 0 Å². The maximum Gasteiger partial charge on any atom is 0.276 e. The van der Waals surface area contributed by atoms with Gasteiger partial charge in [0.1, 0.15) is 5.82 Å². The number of halogens is 1. The van der Waals surface area contributed by atoms with E-state index < -0.39 is 0 Å². The van der Waals surface area contributed by atoms with Crippen molar-refractivity contribution in [1.29, 1.82) is 0 Å². The van der Waals surface area contributed by atoms with E-state index in [0.717, 1.165) is 0 Å². The van der Waals surface area contributed by atoms with Crippen molar-refractivity contribution < 1.29 is 9.18 Å². The molecule has 2 nitrogen and oxygen atoms in total. The SMILES string of the molecule is [C-]#[N+]CC(=O)c1ccc(F)cc1. The zero-order chi connectivity index (χ0) is 8.97. The van der Waals surface area contributed by atoms with Crippen LogP contribution in [0, 0.1) is 12.4 Å². The van der Waals surface area contributed by atoms with Crippen molar-refractivity contribution in [2.75, 3.05) is 6.54 Å². The molecule has 0 saturated carbocycles. The molecule has 0 saturated heterocycles. The van der Waals surface area contributed by atoms with Crippen LogP contribution in [0.5, 0.6) is 0 Å². The fourth-order valence-corrected chi connectivity index (χ4v) is 0.799. The number of rotatable bonds is 2. The molecule has 0 spiro atoms. The smallest absolute Gasteiger partial charge is 0.276 e. The molecule has 0 aliphatic rings. The molecule has 0 aromatic heterocycles. The van der Waals surface area contributed by atoms with E-state index in [9.17, 15) is 9.18 Å². The Labute approximate surface area is 69.5 Å². The zero-order valence-electron chi connectivity index (χ0n) is 6.25. The summed E-state index contributed by atoms with van der Waals surface area (Å²) in [6.45, 7) is 6.28. The summed E-state index contributed by atoms with van der Waals surface area (Å²) >= 11 is 0. The van der Waals surface area contributed by atoms with Crippen LogP contribution in [-0.2, 0) is 0 Å². The second kappa shape index (κ2) is 3.63. The largest absolute Gasteiger partial charge is 0.308 e. The maximum atomic E-state index is 12.4. The van der Waals surface area contributed by atoms with Crippen LogP contribution in [0.2, 0.25) is 0 Å². The van der Waals surface area contributed by atoms with Gasteiger partial charge in [0, 0.05) is 5.56 Å². The van der Waals surface area contributed by atoms with Crippen LogP contribution in [0.1, 0.15) is 10.4 Å². The van der Waals surface area contributed by atoms with Gasteiger partial charge in [-0.05, 0) is 24.3 Å². The maximum absolute atomic E-state index is 12.4. The summed E-state index contributed by atoms with van der Waals surface area (Å²) in [5.41, 5.74) is 0.382. The first-order valence-electron chi connectivity index (χ1n) is 3.36. The van der Waals surface area contributed by atoms with E-state index in [1.165, 1.54) is 24.3 Å².